The summed E-state index contributed by atoms with van der Waals surface area (Å²) in [5.41, 5.74) is 1.09. The van der Waals surface area contributed by atoms with Gasteiger partial charge in [-0.1, -0.05) is 17.7 Å². The summed E-state index contributed by atoms with van der Waals surface area (Å²) in [5.74, 6) is 0. The molecule has 1 aliphatic heterocycles. The van der Waals surface area contributed by atoms with Crippen LogP contribution in [0.1, 0.15) is 4.88 Å². The van der Waals surface area contributed by atoms with Crippen LogP contribution in [0.3, 0.4) is 0 Å². The summed E-state index contributed by atoms with van der Waals surface area (Å²) in [7, 11) is 0. The van der Waals surface area contributed by atoms with E-state index in [1.807, 2.05) is 24.3 Å². The molecule has 2 aromatic rings. The molecule has 0 spiro atoms. The number of rotatable bonds is 7. The van der Waals surface area contributed by atoms with E-state index in [2.05, 4.69) is 32.6 Å². The Bertz CT molecular complexity index is 599. The lowest BCUT2D eigenvalue weighted by Gasteiger charge is -2.32. The Kier molecular flexibility index (Phi) is 6.51. The van der Waals surface area contributed by atoms with Crippen LogP contribution in [0.15, 0.2) is 41.8 Å². The van der Waals surface area contributed by atoms with Crippen LogP contribution in [0.5, 0.6) is 0 Å². The summed E-state index contributed by atoms with van der Waals surface area (Å²) in [4.78, 5) is 5.85. The summed E-state index contributed by atoms with van der Waals surface area (Å²) < 4.78 is 0. The molecule has 4 nitrogen and oxygen atoms in total. The molecular weight excluding hydrogens is 342 g/mol. The quantitative estimate of drug-likeness (QED) is 0.791. The monoisotopic (exact) mass is 365 g/mol. The molecule has 1 saturated heterocycles. The zero-order valence-electron chi connectivity index (χ0n) is 13.7. The Balaban J connectivity index is 1.65. The maximum Gasteiger partial charge on any atom is 0.0841 e. The lowest BCUT2D eigenvalue weighted by molar-refractivity contribution is 0.109. The van der Waals surface area contributed by atoms with Gasteiger partial charge in [0.15, 0.2) is 0 Å². The third-order valence-electron chi connectivity index (χ3n) is 4.23. The van der Waals surface area contributed by atoms with Crippen LogP contribution in [0.4, 0.5) is 5.69 Å². The van der Waals surface area contributed by atoms with E-state index in [9.17, 15) is 5.11 Å². The third-order valence-corrected chi connectivity index (χ3v) is 5.34. The molecule has 0 bridgehead atoms. The summed E-state index contributed by atoms with van der Waals surface area (Å²) >= 11 is 7.76. The molecule has 1 fully saturated rings. The van der Waals surface area contributed by atoms with Crippen LogP contribution in [0.25, 0.3) is 0 Å². The van der Waals surface area contributed by atoms with Crippen molar-refractivity contribution in [2.24, 2.45) is 0 Å². The zero-order chi connectivity index (χ0) is 16.8. The molecule has 0 aliphatic carbocycles. The van der Waals surface area contributed by atoms with Crippen LogP contribution in [-0.2, 0) is 6.54 Å². The highest BCUT2D eigenvalue weighted by Gasteiger charge is 2.18. The second-order valence-electron chi connectivity index (χ2n) is 6.14. The molecule has 130 valence electrons. The fourth-order valence-corrected chi connectivity index (χ4v) is 3.85. The first kappa shape index (κ1) is 17.7. The lowest BCUT2D eigenvalue weighted by atomic mass is 10.2. The molecule has 1 atom stereocenters. The van der Waals surface area contributed by atoms with Gasteiger partial charge in [0.25, 0.3) is 0 Å². The highest BCUT2D eigenvalue weighted by Crippen LogP contribution is 2.22. The minimum Gasteiger partial charge on any atom is -0.390 e. The van der Waals surface area contributed by atoms with Gasteiger partial charge in [-0.15, -0.1) is 11.3 Å². The van der Waals surface area contributed by atoms with Crippen LogP contribution in [0.2, 0.25) is 5.02 Å². The molecule has 0 saturated carbocycles. The summed E-state index contributed by atoms with van der Waals surface area (Å²) in [5, 5.41) is 16.8. The van der Waals surface area contributed by atoms with Crippen molar-refractivity contribution in [1.82, 2.24) is 10.2 Å². The molecule has 1 aromatic carbocycles. The number of nitrogens with zero attached hydrogens (tertiary/aromatic N) is 2. The second kappa shape index (κ2) is 8.83. The molecule has 0 radical (unpaired) electrons. The van der Waals surface area contributed by atoms with Crippen molar-refractivity contribution in [3.05, 3.63) is 51.7 Å². The Hall–Kier alpha value is -1.11. The molecule has 24 heavy (non-hydrogen) atoms. The van der Waals surface area contributed by atoms with Crippen molar-refractivity contribution < 1.29 is 5.11 Å². The average Bonchev–Trinajstić information content (AvgIpc) is 3.09. The number of thiophene rings is 1. The van der Waals surface area contributed by atoms with Crippen molar-refractivity contribution in [2.75, 3.05) is 44.2 Å². The number of piperazine rings is 1. The standard InChI is InChI=1S/C18H24ClN3OS/c19-15-3-5-16(6-4-15)22(14-18-2-1-11-24-18)13-17(23)12-21-9-7-20-8-10-21/h1-6,11,17,20,23H,7-10,12-14H2. The normalized spacial score (nSPS) is 16.9. The number of benzene rings is 1. The van der Waals surface area contributed by atoms with Crippen LogP contribution in [-0.4, -0.2) is 55.4 Å². The van der Waals surface area contributed by atoms with Gasteiger partial charge in [0.1, 0.15) is 0 Å². The molecule has 2 N–H and O–H groups in total. The van der Waals surface area contributed by atoms with Gasteiger partial charge >= 0.3 is 0 Å². The fourth-order valence-electron chi connectivity index (χ4n) is 3.01. The molecule has 1 aliphatic rings. The van der Waals surface area contributed by atoms with Gasteiger partial charge in [0, 0.05) is 54.9 Å². The van der Waals surface area contributed by atoms with E-state index < -0.39 is 0 Å². The number of β-amino-alcohol motifs (C(OH)–C–C–N with tert-alkyl or cyclic N) is 1. The predicted octanol–water partition coefficient (Wildman–Crippen LogP) is 2.67. The molecule has 3 rings (SSSR count). The summed E-state index contributed by atoms with van der Waals surface area (Å²) in [6.07, 6.45) is -0.376. The summed E-state index contributed by atoms with van der Waals surface area (Å²) in [6, 6.07) is 12.1. The molecule has 1 unspecified atom stereocenters. The van der Waals surface area contributed by atoms with Crippen LogP contribution < -0.4 is 10.2 Å². The Labute approximate surface area is 152 Å². The smallest absolute Gasteiger partial charge is 0.0841 e. The Morgan fingerprint density at radius 1 is 1.21 bits per heavy atom. The van der Waals surface area contributed by atoms with Crippen molar-refractivity contribution >= 4 is 28.6 Å². The van der Waals surface area contributed by atoms with E-state index in [1.54, 1.807) is 11.3 Å². The fraction of sp³-hybridized carbons (Fsp3) is 0.444. The van der Waals surface area contributed by atoms with E-state index in [-0.39, 0.29) is 6.10 Å². The predicted molar refractivity (Wildman–Crippen MR) is 102 cm³/mol. The van der Waals surface area contributed by atoms with E-state index >= 15 is 0 Å². The largest absolute Gasteiger partial charge is 0.390 e. The average molecular weight is 366 g/mol. The van der Waals surface area contributed by atoms with E-state index in [4.69, 9.17) is 11.6 Å². The topological polar surface area (TPSA) is 38.7 Å². The molecule has 0 amide bonds. The SMILES string of the molecule is OC(CN1CCNCC1)CN(Cc1cccs1)c1ccc(Cl)cc1. The Morgan fingerprint density at radius 3 is 2.62 bits per heavy atom. The van der Waals surface area contributed by atoms with Crippen LogP contribution in [0, 0.1) is 0 Å². The molecule has 6 heteroatoms. The summed E-state index contributed by atoms with van der Waals surface area (Å²) in [6.45, 7) is 6.15. The number of anilines is 1. The first-order chi connectivity index (χ1) is 11.7. The molecule has 1 aromatic heterocycles. The number of hydrogen-bond acceptors (Lipinski definition) is 5. The number of hydrogen-bond donors (Lipinski definition) is 2. The van der Waals surface area contributed by atoms with Gasteiger partial charge < -0.3 is 15.3 Å². The number of aliphatic hydroxyl groups is 1. The number of nitrogens with one attached hydrogen (secondary N) is 1. The maximum absolute atomic E-state index is 10.6. The Morgan fingerprint density at radius 2 is 1.96 bits per heavy atom. The minimum atomic E-state index is -0.376. The van der Waals surface area contributed by atoms with E-state index in [0.717, 1.165) is 50.0 Å². The van der Waals surface area contributed by atoms with Gasteiger partial charge in [-0.05, 0) is 35.7 Å². The van der Waals surface area contributed by atoms with Crippen molar-refractivity contribution in [1.29, 1.82) is 0 Å². The van der Waals surface area contributed by atoms with Crippen molar-refractivity contribution in [2.45, 2.75) is 12.6 Å². The van der Waals surface area contributed by atoms with Gasteiger partial charge in [-0.3, -0.25) is 4.90 Å². The van der Waals surface area contributed by atoms with Gasteiger partial charge in [-0.25, -0.2) is 0 Å². The maximum atomic E-state index is 10.6. The first-order valence-corrected chi connectivity index (χ1v) is 9.60. The van der Waals surface area contributed by atoms with Crippen molar-refractivity contribution in [3.8, 4) is 0 Å². The van der Waals surface area contributed by atoms with Crippen molar-refractivity contribution in [3.63, 3.8) is 0 Å². The second-order valence-corrected chi connectivity index (χ2v) is 7.61. The number of aliphatic hydroxyl groups excluding tert-OH is 1. The zero-order valence-corrected chi connectivity index (χ0v) is 15.3. The molecule has 2 heterocycles. The number of halogens is 1. The van der Waals surface area contributed by atoms with E-state index in [0.29, 0.717) is 6.54 Å². The van der Waals surface area contributed by atoms with Crippen LogP contribution >= 0.6 is 22.9 Å². The third kappa shape index (κ3) is 5.19. The highest BCUT2D eigenvalue weighted by atomic mass is 35.5. The lowest BCUT2D eigenvalue weighted by Crippen LogP contribution is -2.48. The van der Waals surface area contributed by atoms with Gasteiger partial charge in [0.2, 0.25) is 0 Å². The van der Waals surface area contributed by atoms with E-state index in [1.165, 1.54) is 4.88 Å². The highest BCUT2D eigenvalue weighted by molar-refractivity contribution is 7.09. The molecular formula is C18H24ClN3OS. The van der Waals surface area contributed by atoms with Gasteiger partial charge in [-0.2, -0.15) is 0 Å². The van der Waals surface area contributed by atoms with Gasteiger partial charge in [0.05, 0.1) is 12.6 Å². The minimum absolute atomic E-state index is 0.376. The first-order valence-electron chi connectivity index (χ1n) is 8.35.